The zero-order valence-corrected chi connectivity index (χ0v) is 32.7. The van der Waals surface area contributed by atoms with E-state index >= 15 is 0 Å². The highest BCUT2D eigenvalue weighted by Crippen LogP contribution is 2.49. The lowest BCUT2D eigenvalue weighted by Crippen LogP contribution is -2.57. The molecule has 5 atom stereocenters. The lowest BCUT2D eigenvalue weighted by molar-refractivity contribution is -0.150. The van der Waals surface area contributed by atoms with Crippen molar-refractivity contribution in [3.8, 4) is 11.5 Å². The first-order valence-corrected chi connectivity index (χ1v) is 19.4. The Morgan fingerprint density at radius 3 is 2.52 bits per heavy atom. The fourth-order valence-corrected chi connectivity index (χ4v) is 7.64. The van der Waals surface area contributed by atoms with Crippen molar-refractivity contribution in [3.05, 3.63) is 35.9 Å². The molecule has 0 bridgehead atoms. The number of ether oxygens (including phenoxy) is 5. The molecule has 4 aliphatic rings. The van der Waals surface area contributed by atoms with Gasteiger partial charge in [-0.2, -0.15) is 0 Å². The van der Waals surface area contributed by atoms with Crippen LogP contribution in [-0.4, -0.2) is 95.5 Å². The van der Waals surface area contributed by atoms with E-state index < -0.39 is 59.3 Å². The number of benzene rings is 1. The number of rotatable bonds is 14. The molecule has 1 saturated carbocycles. The van der Waals surface area contributed by atoms with E-state index in [1.165, 1.54) is 4.90 Å². The van der Waals surface area contributed by atoms with Crippen LogP contribution in [0.25, 0.3) is 0 Å². The molecule has 2 N–H and O–H groups in total. The third-order valence-corrected chi connectivity index (χ3v) is 10.4. The number of carbonyl (C=O) groups is 5. The number of nitrogens with one attached hydrogen (secondary N) is 2. The lowest BCUT2D eigenvalue weighted by atomic mass is 10.0. The number of unbranched alkanes of at least 4 members (excludes halogenated alkanes) is 3. The third-order valence-electron chi connectivity index (χ3n) is 10.4. The Labute approximate surface area is 318 Å². The van der Waals surface area contributed by atoms with Gasteiger partial charge in [0.25, 0.3) is 0 Å². The first kappa shape index (κ1) is 40.7. The normalized spacial score (nSPS) is 23.5. The summed E-state index contributed by atoms with van der Waals surface area (Å²) < 4.78 is 28.7. The van der Waals surface area contributed by atoms with Crippen LogP contribution in [0.1, 0.15) is 104 Å². The van der Waals surface area contributed by atoms with Gasteiger partial charge in [-0.05, 0) is 76.8 Å². The number of nitrogens with zero attached hydrogens (tertiary/aromatic N) is 2. The molecule has 5 unspecified atom stereocenters. The van der Waals surface area contributed by atoms with Crippen LogP contribution in [0, 0.1) is 11.8 Å². The molecule has 14 nitrogen and oxygen atoms in total. The van der Waals surface area contributed by atoms with Gasteiger partial charge in [0.15, 0.2) is 11.5 Å². The highest BCUT2D eigenvalue weighted by atomic mass is 16.6. The number of likely N-dealkylation sites (tertiary alicyclic amines) is 1. The second kappa shape index (κ2) is 17.3. The summed E-state index contributed by atoms with van der Waals surface area (Å²) in [5.74, 6) is -0.334. The van der Waals surface area contributed by atoms with Gasteiger partial charge in [0.05, 0.1) is 32.9 Å². The van der Waals surface area contributed by atoms with Gasteiger partial charge >= 0.3 is 18.2 Å². The molecule has 3 aliphatic heterocycles. The summed E-state index contributed by atoms with van der Waals surface area (Å²) in [7, 11) is 0. The topological polar surface area (TPSA) is 162 Å². The van der Waals surface area contributed by atoms with Crippen LogP contribution in [0.3, 0.4) is 0 Å². The molecule has 0 spiro atoms. The van der Waals surface area contributed by atoms with Crippen LogP contribution in [0.4, 0.5) is 9.59 Å². The molecule has 3 heterocycles. The van der Waals surface area contributed by atoms with Gasteiger partial charge in [0.2, 0.25) is 11.8 Å². The van der Waals surface area contributed by atoms with E-state index in [1.807, 2.05) is 32.1 Å². The minimum absolute atomic E-state index is 0.000192. The molecule has 298 valence electrons. The largest absolute Gasteiger partial charge is 0.490 e. The molecule has 1 aromatic rings. The number of hydrogen-bond acceptors (Lipinski definition) is 10. The van der Waals surface area contributed by atoms with E-state index in [1.54, 1.807) is 32.6 Å². The average molecular weight is 755 g/mol. The maximum absolute atomic E-state index is 14.5. The molecule has 0 aromatic heterocycles. The van der Waals surface area contributed by atoms with Crippen LogP contribution >= 0.6 is 0 Å². The molecule has 1 aromatic carbocycles. The van der Waals surface area contributed by atoms with E-state index in [0.717, 1.165) is 36.8 Å². The van der Waals surface area contributed by atoms with Gasteiger partial charge < -0.3 is 39.2 Å². The first-order valence-electron chi connectivity index (χ1n) is 19.4. The fraction of sp³-hybridized carbons (Fsp3) is 0.675. The second-order valence-electron chi connectivity index (χ2n) is 16.0. The van der Waals surface area contributed by atoms with Crippen LogP contribution in [0.5, 0.6) is 11.5 Å². The van der Waals surface area contributed by atoms with E-state index in [-0.39, 0.29) is 38.0 Å². The summed E-state index contributed by atoms with van der Waals surface area (Å²) in [6, 6.07) is 1.67. The van der Waals surface area contributed by atoms with Crippen molar-refractivity contribution in [1.29, 1.82) is 0 Å². The van der Waals surface area contributed by atoms with Crippen LogP contribution in [-0.2, 0) is 41.7 Å². The van der Waals surface area contributed by atoms with Crippen molar-refractivity contribution >= 4 is 30.0 Å². The van der Waals surface area contributed by atoms with Crippen molar-refractivity contribution < 1.29 is 47.7 Å². The van der Waals surface area contributed by atoms with E-state index in [2.05, 4.69) is 17.2 Å². The molecular formula is C40H58N4O10. The Morgan fingerprint density at radius 1 is 1.07 bits per heavy atom. The van der Waals surface area contributed by atoms with Crippen LogP contribution in [0.2, 0.25) is 0 Å². The van der Waals surface area contributed by atoms with E-state index in [0.29, 0.717) is 50.5 Å². The van der Waals surface area contributed by atoms with E-state index in [4.69, 9.17) is 23.7 Å². The SMILES string of the molecule is C=CCCCCCC(NC(=O)OC(C)(C)C)C(=O)N1CC(OC(=O)N2Cc3ccc4c(c3C2)OCCCO4)CC1C(=O)NC1(C(=O)OCC)CC1C(C)C. The zero-order chi connectivity index (χ0) is 39.2. The molecule has 5 rings (SSSR count). The molecule has 1 aliphatic carbocycles. The predicted molar refractivity (Wildman–Crippen MR) is 199 cm³/mol. The monoisotopic (exact) mass is 754 g/mol. The smallest absolute Gasteiger partial charge is 0.410 e. The number of allylic oxidation sites excluding steroid dienone is 1. The van der Waals surface area contributed by atoms with Gasteiger partial charge in [-0.15, -0.1) is 6.58 Å². The first-order chi connectivity index (χ1) is 25.7. The van der Waals surface area contributed by atoms with Gasteiger partial charge in [-0.25, -0.2) is 14.4 Å². The van der Waals surface area contributed by atoms with Gasteiger partial charge in [-0.3, -0.25) is 14.5 Å². The number of carbonyl (C=O) groups excluding carboxylic acids is 5. The Kier molecular flexibility index (Phi) is 13.1. The van der Waals surface area contributed by atoms with Crippen molar-refractivity contribution in [1.82, 2.24) is 20.4 Å². The summed E-state index contributed by atoms with van der Waals surface area (Å²) in [6.45, 7) is 16.3. The molecule has 2 fully saturated rings. The number of hydrogen-bond donors (Lipinski definition) is 2. The van der Waals surface area contributed by atoms with Gasteiger partial charge in [0.1, 0.15) is 29.3 Å². The standard InChI is InChI=1S/C40H58N4O10/c1-8-10-11-12-13-15-30(41-37(48)54-39(5,6)7)35(46)44-23-27(20-31(44)34(45)42-40(36(47)50-9-2)21-29(40)25(3)4)53-38(49)43-22-26-16-17-32-33(28(26)24-43)52-19-14-18-51-32/h8,16-17,25,27,29-31H,1,9-15,18-24H2,2-7H3,(H,41,48)(H,42,45). The Morgan fingerprint density at radius 2 is 1.83 bits per heavy atom. The maximum Gasteiger partial charge on any atom is 0.410 e. The fourth-order valence-electron chi connectivity index (χ4n) is 7.64. The van der Waals surface area contributed by atoms with Crippen LogP contribution in [0.15, 0.2) is 24.8 Å². The third kappa shape index (κ3) is 9.59. The highest BCUT2D eigenvalue weighted by Gasteiger charge is 2.64. The van der Waals surface area contributed by atoms with Crippen molar-refractivity contribution in [3.63, 3.8) is 0 Å². The Bertz CT molecular complexity index is 1570. The quantitative estimate of drug-likeness (QED) is 0.109. The Hall–Kier alpha value is -4.49. The van der Waals surface area contributed by atoms with Crippen molar-refractivity contribution in [2.45, 2.75) is 135 Å². The van der Waals surface area contributed by atoms with Crippen molar-refractivity contribution in [2.24, 2.45) is 11.8 Å². The zero-order valence-electron chi connectivity index (χ0n) is 32.7. The molecule has 1 saturated heterocycles. The molecule has 14 heteroatoms. The minimum Gasteiger partial charge on any atom is -0.490 e. The van der Waals surface area contributed by atoms with Gasteiger partial charge in [0, 0.05) is 24.9 Å². The number of amides is 4. The summed E-state index contributed by atoms with van der Waals surface area (Å²) in [6.07, 6.45) is 4.23. The summed E-state index contributed by atoms with van der Waals surface area (Å²) in [5.41, 5.74) is -0.226. The summed E-state index contributed by atoms with van der Waals surface area (Å²) >= 11 is 0. The Balaban J connectivity index is 1.36. The predicted octanol–water partition coefficient (Wildman–Crippen LogP) is 5.39. The molecule has 4 amide bonds. The minimum atomic E-state index is -1.21. The van der Waals surface area contributed by atoms with E-state index in [9.17, 15) is 24.0 Å². The molecular weight excluding hydrogens is 696 g/mol. The van der Waals surface area contributed by atoms with Crippen LogP contribution < -0.4 is 20.1 Å². The average Bonchev–Trinajstić information content (AvgIpc) is 3.56. The highest BCUT2D eigenvalue weighted by molar-refractivity contribution is 5.96. The maximum atomic E-state index is 14.5. The van der Waals surface area contributed by atoms with Crippen molar-refractivity contribution in [2.75, 3.05) is 26.4 Å². The number of alkyl carbamates (subject to hydrolysis) is 1. The second-order valence-corrected chi connectivity index (χ2v) is 16.0. The van der Waals surface area contributed by atoms with Gasteiger partial charge in [-0.1, -0.05) is 38.8 Å². The lowest BCUT2D eigenvalue weighted by Gasteiger charge is -2.30. The summed E-state index contributed by atoms with van der Waals surface area (Å²) in [5, 5.41) is 5.70. The number of esters is 1. The molecule has 54 heavy (non-hydrogen) atoms. The summed E-state index contributed by atoms with van der Waals surface area (Å²) in [4.78, 5) is 71.6. The molecule has 0 radical (unpaired) electrons. The number of fused-ring (bicyclic) bond motifs is 3.